The molecular formula is C8H11NOS. The molecule has 1 aromatic rings. The summed E-state index contributed by atoms with van der Waals surface area (Å²) >= 11 is 0. The minimum atomic E-state index is -2.53. The molecule has 3 heteroatoms. The average molecular weight is 169 g/mol. The first-order valence-electron chi connectivity index (χ1n) is 3.22. The third-order valence-electron chi connectivity index (χ3n) is 1.39. The quantitative estimate of drug-likeness (QED) is 0.625. The molecule has 0 bridgehead atoms. The van der Waals surface area contributed by atoms with Gasteiger partial charge in [0.05, 0.1) is 9.71 Å². The number of hydrogen-bond acceptors (Lipinski definition) is 1. The minimum absolute atomic E-state index is 0.609. The van der Waals surface area contributed by atoms with Crippen LogP contribution in [-0.2, 0) is 9.71 Å². The molecule has 0 aliphatic rings. The predicted molar refractivity (Wildman–Crippen MR) is 48.9 cm³/mol. The molecule has 1 atom stereocenters. The fourth-order valence-corrected chi connectivity index (χ4v) is 1.52. The standard InChI is InChI=1S/C8H11NOS/c1-7-4-3-5-8(6-7)11(2,9)10/h3-6H,2H2,1H3,(H2,9,10). The minimum Gasteiger partial charge on any atom is -0.256 e. The summed E-state index contributed by atoms with van der Waals surface area (Å²) in [5.41, 5.74) is 1.05. The van der Waals surface area contributed by atoms with E-state index in [4.69, 9.17) is 5.14 Å². The van der Waals surface area contributed by atoms with E-state index in [1.54, 1.807) is 12.1 Å². The van der Waals surface area contributed by atoms with E-state index in [2.05, 4.69) is 5.87 Å². The molecule has 11 heavy (non-hydrogen) atoms. The van der Waals surface area contributed by atoms with Gasteiger partial charge in [-0.2, -0.15) is 0 Å². The van der Waals surface area contributed by atoms with Gasteiger partial charge in [-0.15, -0.1) is 0 Å². The summed E-state index contributed by atoms with van der Waals surface area (Å²) < 4.78 is 11.2. The van der Waals surface area contributed by atoms with Gasteiger partial charge in [0.25, 0.3) is 0 Å². The predicted octanol–water partition coefficient (Wildman–Crippen LogP) is 0.944. The lowest BCUT2D eigenvalue weighted by molar-refractivity contribution is 0.682. The number of benzene rings is 1. The number of hydrogen-bond donors (Lipinski definition) is 1. The zero-order valence-corrected chi connectivity index (χ0v) is 7.23. The molecule has 0 aromatic heterocycles. The number of aryl methyl sites for hydroxylation is 1. The van der Waals surface area contributed by atoms with Gasteiger partial charge in [0, 0.05) is 4.90 Å². The Morgan fingerprint density at radius 3 is 2.55 bits per heavy atom. The zero-order valence-electron chi connectivity index (χ0n) is 6.41. The van der Waals surface area contributed by atoms with Crippen LogP contribution in [0.1, 0.15) is 5.56 Å². The molecule has 0 saturated heterocycles. The van der Waals surface area contributed by atoms with E-state index >= 15 is 0 Å². The summed E-state index contributed by atoms with van der Waals surface area (Å²) in [5, 5.41) is 5.34. The van der Waals surface area contributed by atoms with Crippen LogP contribution < -0.4 is 5.14 Å². The highest BCUT2D eigenvalue weighted by Crippen LogP contribution is 2.07. The smallest absolute Gasteiger partial charge is 0.0507 e. The molecule has 0 spiro atoms. The van der Waals surface area contributed by atoms with Crippen molar-refractivity contribution >= 4 is 15.6 Å². The molecule has 0 saturated carbocycles. The molecule has 1 rings (SSSR count). The second kappa shape index (κ2) is 2.68. The topological polar surface area (TPSA) is 43.1 Å². The molecular weight excluding hydrogens is 158 g/mol. The van der Waals surface area contributed by atoms with Gasteiger partial charge in [0.2, 0.25) is 0 Å². The van der Waals surface area contributed by atoms with Crippen LogP contribution in [0.3, 0.4) is 0 Å². The van der Waals surface area contributed by atoms with Crippen molar-refractivity contribution in [3.63, 3.8) is 0 Å². The van der Waals surface area contributed by atoms with Gasteiger partial charge in [-0.05, 0) is 30.5 Å². The Bertz CT molecular complexity index is 354. The van der Waals surface area contributed by atoms with Crippen LogP contribution in [0.25, 0.3) is 0 Å². The normalized spacial score (nSPS) is 15.8. The van der Waals surface area contributed by atoms with Crippen molar-refractivity contribution < 1.29 is 4.21 Å². The first-order chi connectivity index (χ1) is 5.00. The monoisotopic (exact) mass is 169 g/mol. The van der Waals surface area contributed by atoms with Crippen molar-refractivity contribution in [2.24, 2.45) is 5.14 Å². The SMILES string of the molecule is C=S(N)(=O)c1cccc(C)c1. The van der Waals surface area contributed by atoms with Crippen LogP contribution >= 0.6 is 0 Å². The fourth-order valence-electron chi connectivity index (χ4n) is 0.830. The van der Waals surface area contributed by atoms with Crippen LogP contribution in [0.15, 0.2) is 29.2 Å². The van der Waals surface area contributed by atoms with Gasteiger partial charge in [0.15, 0.2) is 0 Å². The molecule has 0 fully saturated rings. The fraction of sp³-hybridized carbons (Fsp3) is 0.125. The molecule has 2 nitrogen and oxygen atoms in total. The van der Waals surface area contributed by atoms with Crippen molar-refractivity contribution in [3.8, 4) is 0 Å². The Morgan fingerprint density at radius 2 is 2.18 bits per heavy atom. The molecule has 1 unspecified atom stereocenters. The third-order valence-corrected chi connectivity index (χ3v) is 2.44. The summed E-state index contributed by atoms with van der Waals surface area (Å²) in [6, 6.07) is 7.26. The van der Waals surface area contributed by atoms with Crippen LogP contribution in [0, 0.1) is 6.92 Å². The van der Waals surface area contributed by atoms with E-state index in [0.29, 0.717) is 4.90 Å². The van der Waals surface area contributed by atoms with E-state index < -0.39 is 9.71 Å². The highest BCUT2D eigenvalue weighted by molar-refractivity contribution is 7.98. The third kappa shape index (κ3) is 2.06. The first-order valence-corrected chi connectivity index (χ1v) is 5.01. The van der Waals surface area contributed by atoms with E-state index in [9.17, 15) is 4.21 Å². The summed E-state index contributed by atoms with van der Waals surface area (Å²) in [5.74, 6) is 3.39. The van der Waals surface area contributed by atoms with Gasteiger partial charge >= 0.3 is 0 Å². The molecule has 0 radical (unpaired) electrons. The van der Waals surface area contributed by atoms with E-state index in [1.807, 2.05) is 19.1 Å². The Labute approximate surface area is 67.2 Å². The molecule has 0 amide bonds. The Morgan fingerprint density at radius 1 is 1.55 bits per heavy atom. The summed E-state index contributed by atoms with van der Waals surface area (Å²) in [6.45, 7) is 1.93. The maximum Gasteiger partial charge on any atom is 0.0507 e. The van der Waals surface area contributed by atoms with Gasteiger partial charge in [0.1, 0.15) is 0 Å². The summed E-state index contributed by atoms with van der Waals surface area (Å²) in [4.78, 5) is 0.609. The molecule has 2 N–H and O–H groups in total. The maximum absolute atomic E-state index is 11.2. The zero-order chi connectivity index (χ0) is 8.48. The van der Waals surface area contributed by atoms with Crippen molar-refractivity contribution in [1.82, 2.24) is 0 Å². The number of rotatable bonds is 1. The second-order valence-corrected chi connectivity index (χ2v) is 4.47. The second-order valence-electron chi connectivity index (χ2n) is 2.54. The lowest BCUT2D eigenvalue weighted by atomic mass is 10.2. The average Bonchev–Trinajstić information content (AvgIpc) is 1.86. The summed E-state index contributed by atoms with van der Waals surface area (Å²) in [6.07, 6.45) is 0. The van der Waals surface area contributed by atoms with E-state index in [-0.39, 0.29) is 0 Å². The lowest BCUT2D eigenvalue weighted by Crippen LogP contribution is -2.11. The first kappa shape index (κ1) is 8.30. The Hall–Kier alpha value is -0.800. The van der Waals surface area contributed by atoms with Crippen LogP contribution in [0.5, 0.6) is 0 Å². The largest absolute Gasteiger partial charge is 0.256 e. The Kier molecular flexibility index (Phi) is 2.02. The molecule has 1 aromatic carbocycles. The lowest BCUT2D eigenvalue weighted by Gasteiger charge is -2.02. The van der Waals surface area contributed by atoms with Crippen LogP contribution in [0.2, 0.25) is 0 Å². The van der Waals surface area contributed by atoms with Gasteiger partial charge in [-0.25, -0.2) is 4.21 Å². The molecule has 60 valence electrons. The number of nitrogens with two attached hydrogens (primary N) is 1. The highest BCUT2D eigenvalue weighted by atomic mass is 32.2. The van der Waals surface area contributed by atoms with E-state index in [0.717, 1.165) is 5.56 Å². The molecule has 0 heterocycles. The maximum atomic E-state index is 11.2. The highest BCUT2D eigenvalue weighted by Gasteiger charge is 1.99. The van der Waals surface area contributed by atoms with Crippen molar-refractivity contribution in [2.75, 3.05) is 0 Å². The summed E-state index contributed by atoms with van der Waals surface area (Å²) in [7, 11) is -2.53. The Balaban J connectivity index is 3.28. The van der Waals surface area contributed by atoms with Gasteiger partial charge < -0.3 is 0 Å². The van der Waals surface area contributed by atoms with Gasteiger partial charge in [-0.1, -0.05) is 12.1 Å². The van der Waals surface area contributed by atoms with Crippen molar-refractivity contribution in [2.45, 2.75) is 11.8 Å². The van der Waals surface area contributed by atoms with Crippen molar-refractivity contribution in [1.29, 1.82) is 0 Å². The van der Waals surface area contributed by atoms with E-state index in [1.165, 1.54) is 0 Å². The van der Waals surface area contributed by atoms with Crippen LogP contribution in [0.4, 0.5) is 0 Å². The van der Waals surface area contributed by atoms with Gasteiger partial charge in [-0.3, -0.25) is 5.14 Å². The molecule has 0 aliphatic carbocycles. The molecule has 0 aliphatic heterocycles. The van der Waals surface area contributed by atoms with Crippen molar-refractivity contribution in [3.05, 3.63) is 29.8 Å². The van der Waals surface area contributed by atoms with Crippen LogP contribution in [-0.4, -0.2) is 10.1 Å².